The molecule has 0 saturated carbocycles. The molecule has 24 heavy (non-hydrogen) atoms. The average molecular weight is 376 g/mol. The van der Waals surface area contributed by atoms with Gasteiger partial charge < -0.3 is 15.1 Å². The van der Waals surface area contributed by atoms with Gasteiger partial charge in [0.25, 0.3) is 0 Å². The zero-order valence-electron chi connectivity index (χ0n) is 13.9. The first-order valence-electron chi connectivity index (χ1n) is 8.32. The Hall–Kier alpha value is -1.11. The quantitative estimate of drug-likeness (QED) is 0.868. The van der Waals surface area contributed by atoms with E-state index in [1.807, 2.05) is 4.90 Å². The molecule has 2 aliphatic heterocycles. The van der Waals surface area contributed by atoms with Crippen molar-refractivity contribution in [2.45, 2.75) is 25.7 Å². The molecule has 2 saturated heterocycles. The molecule has 136 valence electrons. The number of carbonyl (C=O) groups excluding carboxylic acids is 1. The van der Waals surface area contributed by atoms with Gasteiger partial charge in [-0.25, -0.2) is 4.98 Å². The minimum Gasteiger partial charge on any atom is -0.352 e. The van der Waals surface area contributed by atoms with Crippen molar-refractivity contribution in [1.82, 2.24) is 20.2 Å². The first-order valence-corrected chi connectivity index (χ1v) is 8.32. The molecule has 1 N–H and O–H groups in total. The smallest absolute Gasteiger partial charge is 0.222 e. The molecule has 0 spiro atoms. The number of aromatic nitrogens is 2. The summed E-state index contributed by atoms with van der Waals surface area (Å²) in [6.07, 6.45) is 9.37. The Balaban J connectivity index is 0.00000144. The van der Waals surface area contributed by atoms with E-state index in [0.717, 1.165) is 57.4 Å². The summed E-state index contributed by atoms with van der Waals surface area (Å²) in [5.74, 6) is 1.95. The van der Waals surface area contributed by atoms with Crippen LogP contribution in [0, 0.1) is 5.92 Å². The van der Waals surface area contributed by atoms with Crippen molar-refractivity contribution in [3.63, 3.8) is 0 Å². The normalized spacial score (nSPS) is 18.5. The Morgan fingerprint density at radius 3 is 2.46 bits per heavy atom. The molecule has 3 heterocycles. The van der Waals surface area contributed by atoms with E-state index in [0.29, 0.717) is 12.3 Å². The lowest BCUT2D eigenvalue weighted by Gasteiger charge is -2.35. The molecule has 0 atom stereocenters. The van der Waals surface area contributed by atoms with E-state index >= 15 is 0 Å². The van der Waals surface area contributed by atoms with Gasteiger partial charge in [0, 0.05) is 45.0 Å². The lowest BCUT2D eigenvalue weighted by Crippen LogP contribution is -2.49. The van der Waals surface area contributed by atoms with E-state index < -0.39 is 0 Å². The van der Waals surface area contributed by atoms with E-state index in [-0.39, 0.29) is 24.8 Å². The molecule has 0 unspecified atom stereocenters. The van der Waals surface area contributed by atoms with Crippen molar-refractivity contribution in [1.29, 1.82) is 0 Å². The number of carbonyl (C=O) groups is 1. The summed E-state index contributed by atoms with van der Waals surface area (Å²) in [6.45, 7) is 5.49. The van der Waals surface area contributed by atoms with E-state index in [1.54, 1.807) is 18.6 Å². The molecular formula is C16H27Cl2N5O. The van der Waals surface area contributed by atoms with Crippen LogP contribution in [0.1, 0.15) is 25.7 Å². The first kappa shape index (κ1) is 20.9. The predicted octanol–water partition coefficient (Wildman–Crippen LogP) is 1.75. The van der Waals surface area contributed by atoms with Crippen molar-refractivity contribution in [2.75, 3.05) is 44.2 Å². The van der Waals surface area contributed by atoms with Crippen molar-refractivity contribution in [3.8, 4) is 0 Å². The fourth-order valence-electron chi connectivity index (χ4n) is 3.30. The van der Waals surface area contributed by atoms with Crippen LogP contribution in [0.3, 0.4) is 0 Å². The van der Waals surface area contributed by atoms with Crippen LogP contribution in [0.5, 0.6) is 0 Å². The van der Waals surface area contributed by atoms with Crippen LogP contribution in [0.4, 0.5) is 5.82 Å². The molecule has 0 aliphatic carbocycles. The lowest BCUT2D eigenvalue weighted by molar-refractivity contribution is -0.131. The molecule has 2 fully saturated rings. The van der Waals surface area contributed by atoms with Crippen LogP contribution in [0.15, 0.2) is 18.6 Å². The Morgan fingerprint density at radius 1 is 1.12 bits per heavy atom. The summed E-state index contributed by atoms with van der Waals surface area (Å²) in [5.41, 5.74) is 0. The molecule has 1 amide bonds. The molecule has 8 heteroatoms. The molecule has 6 nitrogen and oxygen atoms in total. The Kier molecular flexibility index (Phi) is 9.33. The van der Waals surface area contributed by atoms with Gasteiger partial charge in [-0.3, -0.25) is 9.78 Å². The molecule has 3 rings (SSSR count). The number of amides is 1. The largest absolute Gasteiger partial charge is 0.352 e. The number of nitrogens with zero attached hydrogens (tertiary/aromatic N) is 4. The van der Waals surface area contributed by atoms with Crippen molar-refractivity contribution >= 4 is 36.5 Å². The minimum absolute atomic E-state index is 0. The van der Waals surface area contributed by atoms with Crippen LogP contribution in [0.25, 0.3) is 0 Å². The van der Waals surface area contributed by atoms with Gasteiger partial charge in [-0.05, 0) is 38.3 Å². The fraction of sp³-hybridized carbons (Fsp3) is 0.688. The van der Waals surface area contributed by atoms with Crippen LogP contribution in [0.2, 0.25) is 0 Å². The van der Waals surface area contributed by atoms with Crippen molar-refractivity contribution in [2.24, 2.45) is 5.92 Å². The first-order chi connectivity index (χ1) is 10.8. The topological polar surface area (TPSA) is 61.4 Å². The number of nitrogens with one attached hydrogen (secondary N) is 1. The molecule has 1 aromatic heterocycles. The van der Waals surface area contributed by atoms with E-state index in [4.69, 9.17) is 0 Å². The zero-order chi connectivity index (χ0) is 15.2. The van der Waals surface area contributed by atoms with Crippen LogP contribution < -0.4 is 10.2 Å². The van der Waals surface area contributed by atoms with Gasteiger partial charge in [-0.15, -0.1) is 24.8 Å². The third-order valence-corrected chi connectivity index (χ3v) is 4.73. The van der Waals surface area contributed by atoms with Gasteiger partial charge in [0.2, 0.25) is 5.91 Å². The highest BCUT2D eigenvalue weighted by Crippen LogP contribution is 2.19. The zero-order valence-corrected chi connectivity index (χ0v) is 15.5. The predicted molar refractivity (Wildman–Crippen MR) is 100 cm³/mol. The lowest BCUT2D eigenvalue weighted by atomic mass is 9.93. The minimum atomic E-state index is 0. The third-order valence-electron chi connectivity index (χ3n) is 4.73. The Bertz CT molecular complexity index is 477. The molecule has 0 radical (unpaired) electrons. The fourth-order valence-corrected chi connectivity index (χ4v) is 3.30. The van der Waals surface area contributed by atoms with Gasteiger partial charge >= 0.3 is 0 Å². The number of anilines is 1. The summed E-state index contributed by atoms with van der Waals surface area (Å²) in [4.78, 5) is 25.0. The number of piperidine rings is 1. The van der Waals surface area contributed by atoms with Gasteiger partial charge in [0.05, 0.1) is 6.20 Å². The number of hydrogen-bond acceptors (Lipinski definition) is 5. The summed E-state index contributed by atoms with van der Waals surface area (Å²) >= 11 is 0. The maximum atomic E-state index is 12.3. The van der Waals surface area contributed by atoms with Gasteiger partial charge in [-0.1, -0.05) is 0 Å². The highest BCUT2D eigenvalue weighted by atomic mass is 35.5. The van der Waals surface area contributed by atoms with Gasteiger partial charge in [0.1, 0.15) is 5.82 Å². The van der Waals surface area contributed by atoms with Crippen LogP contribution in [-0.4, -0.2) is 60.0 Å². The second-order valence-electron chi connectivity index (χ2n) is 6.16. The maximum absolute atomic E-state index is 12.3. The standard InChI is InChI=1S/C16H25N5O.2ClH/c22-16(2-1-14-3-5-17-6-4-14)21-11-9-20(10-12-21)15-13-18-7-8-19-15;;/h7-8,13-14,17H,1-6,9-12H2;2*1H. The average Bonchev–Trinajstić information content (AvgIpc) is 2.61. The molecule has 0 aromatic carbocycles. The number of halogens is 2. The second kappa shape index (κ2) is 10.7. The van der Waals surface area contributed by atoms with Gasteiger partial charge in [0.15, 0.2) is 0 Å². The van der Waals surface area contributed by atoms with Crippen LogP contribution in [-0.2, 0) is 4.79 Å². The maximum Gasteiger partial charge on any atom is 0.222 e. The number of rotatable bonds is 4. The molecule has 2 aliphatic rings. The van der Waals surface area contributed by atoms with E-state index in [2.05, 4.69) is 20.2 Å². The van der Waals surface area contributed by atoms with Gasteiger partial charge in [-0.2, -0.15) is 0 Å². The summed E-state index contributed by atoms with van der Waals surface area (Å²) < 4.78 is 0. The van der Waals surface area contributed by atoms with Crippen LogP contribution >= 0.6 is 24.8 Å². The summed E-state index contributed by atoms with van der Waals surface area (Å²) in [5, 5.41) is 3.37. The Labute approximate surface area is 156 Å². The van der Waals surface area contributed by atoms with Crippen molar-refractivity contribution < 1.29 is 4.79 Å². The SMILES string of the molecule is Cl.Cl.O=C(CCC1CCNCC1)N1CCN(c2cnccn2)CC1. The van der Waals surface area contributed by atoms with E-state index in [1.165, 1.54) is 12.8 Å². The number of piperazine rings is 1. The third kappa shape index (κ3) is 5.76. The highest BCUT2D eigenvalue weighted by molar-refractivity contribution is 5.85. The molecule has 1 aromatic rings. The monoisotopic (exact) mass is 375 g/mol. The molecule has 0 bridgehead atoms. The molecular weight excluding hydrogens is 349 g/mol. The number of hydrogen-bond donors (Lipinski definition) is 1. The second-order valence-corrected chi connectivity index (χ2v) is 6.16. The summed E-state index contributed by atoms with van der Waals surface area (Å²) in [6, 6.07) is 0. The highest BCUT2D eigenvalue weighted by Gasteiger charge is 2.23. The summed E-state index contributed by atoms with van der Waals surface area (Å²) in [7, 11) is 0. The Morgan fingerprint density at radius 2 is 1.83 bits per heavy atom. The van der Waals surface area contributed by atoms with E-state index in [9.17, 15) is 4.79 Å². The van der Waals surface area contributed by atoms with Crippen molar-refractivity contribution in [3.05, 3.63) is 18.6 Å².